The molecule has 160 valence electrons. The van der Waals surface area contributed by atoms with E-state index in [2.05, 4.69) is 20.7 Å². The van der Waals surface area contributed by atoms with Crippen LogP contribution in [0, 0.1) is 0 Å². The highest BCUT2D eigenvalue weighted by molar-refractivity contribution is 7.99. The van der Waals surface area contributed by atoms with Crippen LogP contribution < -0.4 is 15.1 Å². The number of benzene rings is 3. The van der Waals surface area contributed by atoms with E-state index < -0.39 is 0 Å². The van der Waals surface area contributed by atoms with Gasteiger partial charge in [-0.3, -0.25) is 4.79 Å². The number of hydrogen-bond acceptors (Lipinski definition) is 5. The number of thioether (sulfide) groups is 1. The van der Waals surface area contributed by atoms with E-state index in [0.717, 1.165) is 17.1 Å². The summed E-state index contributed by atoms with van der Waals surface area (Å²) in [6.07, 6.45) is 1.33. The normalized spacial score (nSPS) is 11.0. The van der Waals surface area contributed by atoms with Crippen LogP contribution >= 0.6 is 23.4 Å². The van der Waals surface area contributed by atoms with E-state index >= 15 is 0 Å². The maximum atomic E-state index is 12.3. The maximum absolute atomic E-state index is 12.3. The molecule has 32 heavy (non-hydrogen) atoms. The van der Waals surface area contributed by atoms with Crippen LogP contribution in [0.2, 0.25) is 5.02 Å². The average Bonchev–Trinajstić information content (AvgIpc) is 3.24. The molecule has 4 aromatic rings. The van der Waals surface area contributed by atoms with E-state index in [9.17, 15) is 9.90 Å². The predicted molar refractivity (Wildman–Crippen MR) is 123 cm³/mol. The molecule has 3 aromatic carbocycles. The lowest BCUT2D eigenvalue weighted by Crippen LogP contribution is -2.34. The van der Waals surface area contributed by atoms with Gasteiger partial charge in [0, 0.05) is 5.02 Å². The van der Waals surface area contributed by atoms with Crippen molar-refractivity contribution >= 4 is 35.5 Å². The number of nitrogens with zero attached hydrogens (tertiary/aromatic N) is 3. The lowest BCUT2D eigenvalue weighted by molar-refractivity contribution is -0.625. The number of hydrazone groups is 1. The van der Waals surface area contributed by atoms with Gasteiger partial charge in [-0.05, 0) is 53.7 Å². The Bertz CT molecular complexity index is 1240. The number of aromatic amines is 1. The molecule has 2 N–H and O–H groups in total. The summed E-state index contributed by atoms with van der Waals surface area (Å²) >= 11 is 7.31. The van der Waals surface area contributed by atoms with Gasteiger partial charge < -0.3 is 5.11 Å². The van der Waals surface area contributed by atoms with Crippen LogP contribution in [0.1, 0.15) is 5.56 Å². The first-order chi connectivity index (χ1) is 15.6. The van der Waals surface area contributed by atoms with Gasteiger partial charge in [-0.1, -0.05) is 59.8 Å². The van der Waals surface area contributed by atoms with Gasteiger partial charge in [0.25, 0.3) is 11.7 Å². The zero-order chi connectivity index (χ0) is 22.3. The molecule has 0 aliphatic carbocycles. The number of carbonyl (C=O) groups excluding carboxylic acids is 1. The van der Waals surface area contributed by atoms with Crippen LogP contribution in [0.25, 0.3) is 17.1 Å². The second-order valence-electron chi connectivity index (χ2n) is 6.65. The van der Waals surface area contributed by atoms with Crippen molar-refractivity contribution in [1.29, 1.82) is 0 Å². The van der Waals surface area contributed by atoms with Crippen molar-refractivity contribution in [3.05, 3.63) is 89.4 Å². The Kier molecular flexibility index (Phi) is 6.84. The number of aromatic nitrogens is 3. The SMILES string of the molecule is O=C(CSc1n[nH]c(-c2ccccc2)[n+]1-c1ccc(Cl)cc1)NN=Cc1ccccc1[O-]. The molecule has 7 nitrogen and oxygen atoms in total. The molecular formula is C23H18ClN5O2S. The van der Waals surface area contributed by atoms with Crippen molar-refractivity contribution in [2.75, 3.05) is 5.75 Å². The second kappa shape index (κ2) is 10.1. The number of nitrogens with one attached hydrogen (secondary N) is 2. The second-order valence-corrected chi connectivity index (χ2v) is 8.03. The molecule has 0 aliphatic rings. The minimum absolute atomic E-state index is 0.0863. The van der Waals surface area contributed by atoms with E-state index in [0.29, 0.717) is 15.7 Å². The molecular weight excluding hydrogens is 446 g/mol. The fraction of sp³-hybridized carbons (Fsp3) is 0.0435. The van der Waals surface area contributed by atoms with E-state index in [1.807, 2.05) is 47.0 Å². The van der Waals surface area contributed by atoms with Crippen molar-refractivity contribution in [2.45, 2.75) is 5.16 Å². The molecule has 1 heterocycles. The van der Waals surface area contributed by atoms with Gasteiger partial charge in [0.15, 0.2) is 0 Å². The van der Waals surface area contributed by atoms with Gasteiger partial charge in [0.05, 0.1) is 22.6 Å². The first-order valence-electron chi connectivity index (χ1n) is 9.64. The zero-order valence-corrected chi connectivity index (χ0v) is 18.3. The Morgan fingerprint density at radius 1 is 1.09 bits per heavy atom. The Morgan fingerprint density at radius 3 is 2.56 bits per heavy atom. The van der Waals surface area contributed by atoms with Gasteiger partial charge in [-0.25, -0.2) is 5.43 Å². The Morgan fingerprint density at radius 2 is 1.81 bits per heavy atom. The van der Waals surface area contributed by atoms with Gasteiger partial charge in [0.1, 0.15) is 5.69 Å². The van der Waals surface area contributed by atoms with Crippen LogP contribution in [0.5, 0.6) is 5.75 Å². The fourth-order valence-electron chi connectivity index (χ4n) is 2.94. The van der Waals surface area contributed by atoms with E-state index in [1.54, 1.807) is 30.3 Å². The molecule has 0 saturated carbocycles. The summed E-state index contributed by atoms with van der Waals surface area (Å²) in [5, 5.41) is 24.3. The summed E-state index contributed by atoms with van der Waals surface area (Å²) in [4.78, 5) is 12.3. The van der Waals surface area contributed by atoms with Crippen molar-refractivity contribution in [1.82, 2.24) is 15.6 Å². The van der Waals surface area contributed by atoms with E-state index in [4.69, 9.17) is 11.6 Å². The van der Waals surface area contributed by atoms with Crippen LogP contribution in [-0.4, -0.2) is 28.1 Å². The number of H-pyrrole nitrogens is 1. The van der Waals surface area contributed by atoms with E-state index in [1.165, 1.54) is 24.0 Å². The van der Waals surface area contributed by atoms with Crippen molar-refractivity contribution in [2.24, 2.45) is 5.10 Å². The third-order valence-electron chi connectivity index (χ3n) is 4.45. The van der Waals surface area contributed by atoms with Crippen LogP contribution in [0.3, 0.4) is 0 Å². The maximum Gasteiger partial charge on any atom is 0.342 e. The Balaban J connectivity index is 1.51. The summed E-state index contributed by atoms with van der Waals surface area (Å²) in [5.74, 6) is 0.388. The van der Waals surface area contributed by atoms with Gasteiger partial charge in [0.2, 0.25) is 0 Å². The molecule has 0 aliphatic heterocycles. The number of para-hydroxylation sites is 1. The van der Waals surface area contributed by atoms with Crippen molar-refractivity contribution in [3.8, 4) is 22.8 Å². The third kappa shape index (κ3) is 5.16. The minimum Gasteiger partial charge on any atom is -0.872 e. The summed E-state index contributed by atoms with van der Waals surface area (Å²) in [6, 6.07) is 23.6. The number of carbonyl (C=O) groups is 1. The van der Waals surface area contributed by atoms with Crippen LogP contribution in [0.4, 0.5) is 0 Å². The van der Waals surface area contributed by atoms with Crippen LogP contribution in [0.15, 0.2) is 89.1 Å². The smallest absolute Gasteiger partial charge is 0.342 e. The number of hydrogen-bond donors (Lipinski definition) is 2. The van der Waals surface area contributed by atoms with Gasteiger partial charge in [-0.15, -0.1) is 5.10 Å². The highest BCUT2D eigenvalue weighted by atomic mass is 35.5. The van der Waals surface area contributed by atoms with E-state index in [-0.39, 0.29) is 17.4 Å². The van der Waals surface area contributed by atoms with Crippen molar-refractivity contribution < 1.29 is 14.5 Å². The predicted octanol–water partition coefficient (Wildman–Crippen LogP) is 3.32. The molecule has 0 fully saturated rings. The Labute approximate surface area is 193 Å². The summed E-state index contributed by atoms with van der Waals surface area (Å²) < 4.78 is 1.93. The fourth-order valence-corrected chi connectivity index (χ4v) is 3.82. The van der Waals surface area contributed by atoms with Crippen molar-refractivity contribution in [3.63, 3.8) is 0 Å². The summed E-state index contributed by atoms with van der Waals surface area (Å²) in [5.41, 5.74) is 4.65. The molecule has 9 heteroatoms. The summed E-state index contributed by atoms with van der Waals surface area (Å²) in [6.45, 7) is 0. The molecule has 1 amide bonds. The Hall–Kier alpha value is -3.62. The largest absolute Gasteiger partial charge is 0.872 e. The highest BCUT2D eigenvalue weighted by Gasteiger charge is 2.24. The standard InChI is InChI=1S/C23H18ClN5O2S/c24-18-10-12-19(13-11-18)29-22(16-6-2-1-3-7-16)27-28-23(29)32-15-21(31)26-25-14-17-8-4-5-9-20(17)30/h1-14H,15H2,(H2,25,26,30,31). The topological polar surface area (TPSA) is 97.1 Å². The minimum atomic E-state index is -0.318. The number of amides is 1. The zero-order valence-electron chi connectivity index (χ0n) is 16.7. The lowest BCUT2D eigenvalue weighted by atomic mass is 10.2. The van der Waals surface area contributed by atoms with Crippen LogP contribution in [-0.2, 0) is 4.79 Å². The highest BCUT2D eigenvalue weighted by Crippen LogP contribution is 2.21. The lowest BCUT2D eigenvalue weighted by Gasteiger charge is -2.07. The molecule has 0 spiro atoms. The van der Waals surface area contributed by atoms with Gasteiger partial charge in [-0.2, -0.15) is 9.67 Å². The monoisotopic (exact) mass is 463 g/mol. The molecule has 0 radical (unpaired) electrons. The number of rotatable bonds is 7. The third-order valence-corrected chi connectivity index (χ3v) is 5.64. The molecule has 0 bridgehead atoms. The molecule has 0 saturated heterocycles. The molecule has 1 aromatic heterocycles. The molecule has 0 unspecified atom stereocenters. The quantitative estimate of drug-likeness (QED) is 0.190. The molecule has 0 atom stereocenters. The van der Waals surface area contributed by atoms with Gasteiger partial charge >= 0.3 is 5.16 Å². The molecule has 4 rings (SSSR count). The summed E-state index contributed by atoms with van der Waals surface area (Å²) in [7, 11) is 0. The first kappa shape index (κ1) is 21.6. The average molecular weight is 464 g/mol. The number of halogens is 1. The first-order valence-corrected chi connectivity index (χ1v) is 11.0.